The summed E-state index contributed by atoms with van der Waals surface area (Å²) in [6.45, 7) is 0. The molecule has 0 atom stereocenters. The summed E-state index contributed by atoms with van der Waals surface area (Å²) < 4.78 is 25.6. The maximum Gasteiger partial charge on any atom is 0.296 e. The third-order valence-electron chi connectivity index (χ3n) is 3.46. The van der Waals surface area contributed by atoms with Gasteiger partial charge in [-0.1, -0.05) is 48.0 Å². The van der Waals surface area contributed by atoms with Gasteiger partial charge in [-0.2, -0.15) is 0 Å². The van der Waals surface area contributed by atoms with Crippen molar-refractivity contribution in [1.29, 1.82) is 0 Å². The number of sulfone groups is 1. The lowest BCUT2D eigenvalue weighted by molar-refractivity contribution is -0.386. The van der Waals surface area contributed by atoms with E-state index in [4.69, 9.17) is 11.6 Å². The van der Waals surface area contributed by atoms with E-state index in [1.807, 2.05) is 0 Å². The van der Waals surface area contributed by atoms with E-state index in [2.05, 4.69) is 0 Å². The number of nitro groups is 1. The fraction of sp³-hybridized carbons (Fsp3) is 0. The van der Waals surface area contributed by atoms with Gasteiger partial charge in [0.25, 0.3) is 5.69 Å². The van der Waals surface area contributed by atoms with Crippen LogP contribution in [0.1, 0.15) is 0 Å². The van der Waals surface area contributed by atoms with E-state index in [1.165, 1.54) is 18.2 Å². The summed E-state index contributed by atoms with van der Waals surface area (Å²) in [5.74, 6) is 0. The minimum absolute atomic E-state index is 0.0190. The number of hydrogen-bond acceptors (Lipinski definition) is 4. The van der Waals surface area contributed by atoms with Gasteiger partial charge in [0, 0.05) is 5.39 Å². The number of nitrogens with zero attached hydrogens (tertiary/aromatic N) is 1. The molecule has 0 aromatic heterocycles. The summed E-state index contributed by atoms with van der Waals surface area (Å²) in [5, 5.41) is 12.3. The van der Waals surface area contributed by atoms with Crippen molar-refractivity contribution >= 4 is 37.9 Å². The van der Waals surface area contributed by atoms with Crippen LogP contribution in [0.15, 0.2) is 70.5 Å². The van der Waals surface area contributed by atoms with Crippen LogP contribution in [0.2, 0.25) is 5.02 Å². The molecular formula is C16H10ClNO4S. The van der Waals surface area contributed by atoms with Crippen LogP contribution in [0.25, 0.3) is 10.8 Å². The summed E-state index contributed by atoms with van der Waals surface area (Å²) in [7, 11) is -4.05. The summed E-state index contributed by atoms with van der Waals surface area (Å²) in [5.41, 5.74) is -0.464. The third-order valence-corrected chi connectivity index (χ3v) is 5.55. The molecule has 0 aliphatic rings. The molecule has 0 N–H and O–H groups in total. The molecule has 0 heterocycles. The van der Waals surface area contributed by atoms with E-state index in [0.29, 0.717) is 5.39 Å². The highest BCUT2D eigenvalue weighted by Gasteiger charge is 2.30. The highest BCUT2D eigenvalue weighted by Crippen LogP contribution is 2.39. The number of fused-ring (bicyclic) bond motifs is 1. The molecule has 0 aliphatic heterocycles. The standard InChI is InChI=1S/C16H10ClNO4S/c17-14-10-15(23(21,22)11-6-2-1-3-7-11)16(18(19)20)13-9-5-4-8-12(13)14/h1-10H. The third kappa shape index (κ3) is 2.56. The Morgan fingerprint density at radius 1 is 0.913 bits per heavy atom. The van der Waals surface area contributed by atoms with Crippen molar-refractivity contribution < 1.29 is 13.3 Å². The molecule has 3 aromatic carbocycles. The van der Waals surface area contributed by atoms with Gasteiger partial charge in [-0.05, 0) is 24.3 Å². The Kier molecular flexibility index (Phi) is 3.79. The van der Waals surface area contributed by atoms with E-state index in [0.717, 1.165) is 6.07 Å². The van der Waals surface area contributed by atoms with Crippen molar-refractivity contribution in [3.63, 3.8) is 0 Å². The Morgan fingerprint density at radius 3 is 2.09 bits per heavy atom. The Hall–Kier alpha value is -2.44. The summed E-state index contributed by atoms with van der Waals surface area (Å²) >= 11 is 6.15. The lowest BCUT2D eigenvalue weighted by atomic mass is 10.1. The van der Waals surface area contributed by atoms with Crippen LogP contribution in [0.4, 0.5) is 5.69 Å². The number of nitro benzene ring substituents is 1. The largest absolute Gasteiger partial charge is 0.296 e. The minimum Gasteiger partial charge on any atom is -0.258 e. The SMILES string of the molecule is O=[N+]([O-])c1c(S(=O)(=O)c2ccccc2)cc(Cl)c2ccccc12. The monoisotopic (exact) mass is 347 g/mol. The van der Waals surface area contributed by atoms with Crippen LogP contribution in [0.3, 0.4) is 0 Å². The normalized spacial score (nSPS) is 11.5. The van der Waals surface area contributed by atoms with Gasteiger partial charge in [0.15, 0.2) is 4.90 Å². The van der Waals surface area contributed by atoms with Gasteiger partial charge >= 0.3 is 0 Å². The van der Waals surface area contributed by atoms with Crippen molar-refractivity contribution in [2.45, 2.75) is 9.79 Å². The van der Waals surface area contributed by atoms with E-state index in [9.17, 15) is 18.5 Å². The summed E-state index contributed by atoms with van der Waals surface area (Å²) in [6.07, 6.45) is 0. The second-order valence-electron chi connectivity index (χ2n) is 4.82. The lowest BCUT2D eigenvalue weighted by Gasteiger charge is -2.09. The van der Waals surface area contributed by atoms with Gasteiger partial charge in [0.2, 0.25) is 9.84 Å². The Bertz CT molecular complexity index is 1020. The molecule has 23 heavy (non-hydrogen) atoms. The average Bonchev–Trinajstić information content (AvgIpc) is 2.55. The van der Waals surface area contributed by atoms with E-state index < -0.39 is 25.3 Å². The molecule has 7 heteroatoms. The lowest BCUT2D eigenvalue weighted by Crippen LogP contribution is -2.06. The first-order chi connectivity index (χ1) is 10.9. The summed E-state index contributed by atoms with van der Waals surface area (Å²) in [6, 6.07) is 15.1. The van der Waals surface area contributed by atoms with E-state index in [-0.39, 0.29) is 15.3 Å². The molecule has 0 radical (unpaired) electrons. The second kappa shape index (κ2) is 5.64. The molecule has 3 rings (SSSR count). The fourth-order valence-corrected chi connectivity index (χ4v) is 4.23. The van der Waals surface area contributed by atoms with Crippen molar-refractivity contribution in [1.82, 2.24) is 0 Å². The predicted octanol–water partition coefficient (Wildman–Crippen LogP) is 4.23. The van der Waals surface area contributed by atoms with Gasteiger partial charge < -0.3 is 0 Å². The van der Waals surface area contributed by atoms with Crippen molar-refractivity contribution in [2.75, 3.05) is 0 Å². The van der Waals surface area contributed by atoms with Gasteiger partial charge in [0.1, 0.15) is 0 Å². The van der Waals surface area contributed by atoms with Gasteiger partial charge in [0.05, 0.1) is 20.2 Å². The first-order valence-corrected chi connectivity index (χ1v) is 8.45. The van der Waals surface area contributed by atoms with Crippen LogP contribution in [-0.4, -0.2) is 13.3 Å². The van der Waals surface area contributed by atoms with Crippen LogP contribution < -0.4 is 0 Å². The molecule has 0 aliphatic carbocycles. The molecule has 0 unspecified atom stereocenters. The molecule has 0 saturated carbocycles. The maximum atomic E-state index is 12.8. The first kappa shape index (κ1) is 15.5. The molecular weight excluding hydrogens is 338 g/mol. The number of rotatable bonds is 3. The van der Waals surface area contributed by atoms with Crippen molar-refractivity contribution in [2.24, 2.45) is 0 Å². The van der Waals surface area contributed by atoms with Crippen LogP contribution in [0, 0.1) is 10.1 Å². The quantitative estimate of drug-likeness (QED) is 0.524. The van der Waals surface area contributed by atoms with Crippen LogP contribution in [0.5, 0.6) is 0 Å². The molecule has 0 spiro atoms. The van der Waals surface area contributed by atoms with Gasteiger partial charge in [-0.15, -0.1) is 0 Å². The zero-order valence-electron chi connectivity index (χ0n) is 11.6. The molecule has 116 valence electrons. The van der Waals surface area contributed by atoms with Crippen molar-refractivity contribution in [3.8, 4) is 0 Å². The number of benzene rings is 3. The Balaban J connectivity index is 2.43. The zero-order chi connectivity index (χ0) is 16.6. The Morgan fingerprint density at radius 2 is 1.48 bits per heavy atom. The van der Waals surface area contributed by atoms with E-state index >= 15 is 0 Å². The highest BCUT2D eigenvalue weighted by atomic mass is 35.5. The van der Waals surface area contributed by atoms with Gasteiger partial charge in [-0.25, -0.2) is 8.42 Å². The molecule has 0 fully saturated rings. The molecule has 0 bridgehead atoms. The van der Waals surface area contributed by atoms with Gasteiger partial charge in [-0.3, -0.25) is 10.1 Å². The van der Waals surface area contributed by atoms with Crippen LogP contribution >= 0.6 is 11.6 Å². The topological polar surface area (TPSA) is 77.3 Å². The molecule has 0 saturated heterocycles. The maximum absolute atomic E-state index is 12.8. The molecule has 5 nitrogen and oxygen atoms in total. The fourth-order valence-electron chi connectivity index (χ4n) is 2.41. The van der Waals surface area contributed by atoms with Crippen molar-refractivity contribution in [3.05, 3.63) is 75.8 Å². The van der Waals surface area contributed by atoms with E-state index in [1.54, 1.807) is 36.4 Å². The molecule has 0 amide bonds. The zero-order valence-corrected chi connectivity index (χ0v) is 13.2. The summed E-state index contributed by atoms with van der Waals surface area (Å²) in [4.78, 5) is 10.4. The molecule has 3 aromatic rings. The van der Waals surface area contributed by atoms with Crippen LogP contribution in [-0.2, 0) is 9.84 Å². The highest BCUT2D eigenvalue weighted by molar-refractivity contribution is 7.91. The first-order valence-electron chi connectivity index (χ1n) is 6.58. The predicted molar refractivity (Wildman–Crippen MR) is 87.5 cm³/mol. The average molecular weight is 348 g/mol. The minimum atomic E-state index is -4.05. The number of halogens is 1. The Labute approximate surface area is 137 Å². The smallest absolute Gasteiger partial charge is 0.258 e. The number of hydrogen-bond donors (Lipinski definition) is 0. The second-order valence-corrected chi connectivity index (χ2v) is 7.15.